The minimum Gasteiger partial charge on any atom is -0.459 e. The Hall–Kier alpha value is -1.32. The summed E-state index contributed by atoms with van der Waals surface area (Å²) < 4.78 is 11.3. The number of furan rings is 1. The van der Waals surface area contributed by atoms with Crippen molar-refractivity contribution in [3.63, 3.8) is 0 Å². The molecule has 0 aliphatic rings. The first-order valence-electron chi connectivity index (χ1n) is 7.53. The van der Waals surface area contributed by atoms with Gasteiger partial charge in [0.2, 0.25) is 0 Å². The maximum absolute atomic E-state index is 5.99. The third kappa shape index (κ3) is 3.41. The molecule has 0 fully saturated rings. The normalized spacial score (nSPS) is 11.3. The zero-order chi connectivity index (χ0) is 14.4. The lowest BCUT2D eigenvalue weighted by molar-refractivity contribution is 0.183. The van der Waals surface area contributed by atoms with Crippen LogP contribution in [0.1, 0.15) is 43.6 Å². The second-order valence-corrected chi connectivity index (χ2v) is 5.19. The molecule has 1 N–H and O–H groups in total. The van der Waals surface area contributed by atoms with Gasteiger partial charge in [0.15, 0.2) is 0 Å². The van der Waals surface area contributed by atoms with Crippen molar-refractivity contribution in [3.05, 3.63) is 35.1 Å². The first-order valence-corrected chi connectivity index (χ1v) is 7.53. The zero-order valence-electron chi connectivity index (χ0n) is 12.8. The third-order valence-electron chi connectivity index (χ3n) is 3.48. The lowest BCUT2D eigenvalue weighted by Gasteiger charge is -2.04. The molecule has 20 heavy (non-hydrogen) atoms. The Morgan fingerprint density at radius 3 is 2.75 bits per heavy atom. The molecule has 0 spiro atoms. The van der Waals surface area contributed by atoms with Crippen LogP contribution in [0.5, 0.6) is 0 Å². The van der Waals surface area contributed by atoms with Crippen molar-refractivity contribution in [1.29, 1.82) is 0 Å². The number of rotatable bonds is 8. The van der Waals surface area contributed by atoms with E-state index in [0.717, 1.165) is 43.7 Å². The molecule has 0 bridgehead atoms. The molecule has 0 saturated carbocycles. The fourth-order valence-electron chi connectivity index (χ4n) is 2.51. The van der Waals surface area contributed by atoms with E-state index in [4.69, 9.17) is 9.15 Å². The highest BCUT2D eigenvalue weighted by Gasteiger charge is 2.14. The molecule has 0 unspecified atom stereocenters. The summed E-state index contributed by atoms with van der Waals surface area (Å²) in [7, 11) is 1.73. The van der Waals surface area contributed by atoms with E-state index in [1.165, 1.54) is 16.5 Å². The minimum absolute atomic E-state index is 0.603. The van der Waals surface area contributed by atoms with Crippen molar-refractivity contribution in [1.82, 2.24) is 5.32 Å². The molecule has 1 aromatic carbocycles. The van der Waals surface area contributed by atoms with Crippen LogP contribution < -0.4 is 5.32 Å². The summed E-state index contributed by atoms with van der Waals surface area (Å²) in [6, 6.07) is 6.50. The summed E-state index contributed by atoms with van der Waals surface area (Å²) in [5, 5.41) is 4.60. The Labute approximate surface area is 121 Å². The van der Waals surface area contributed by atoms with Crippen molar-refractivity contribution < 1.29 is 9.15 Å². The van der Waals surface area contributed by atoms with Gasteiger partial charge in [0.05, 0.1) is 13.2 Å². The Morgan fingerprint density at radius 1 is 1.20 bits per heavy atom. The van der Waals surface area contributed by atoms with Gasteiger partial charge in [-0.25, -0.2) is 0 Å². The first kappa shape index (κ1) is 15.1. The molecule has 0 saturated heterocycles. The van der Waals surface area contributed by atoms with Crippen molar-refractivity contribution in [2.24, 2.45) is 0 Å². The highest BCUT2D eigenvalue weighted by Crippen LogP contribution is 2.28. The Bertz CT molecular complexity index is 545. The minimum atomic E-state index is 0.603. The van der Waals surface area contributed by atoms with Gasteiger partial charge in [-0.05, 0) is 37.1 Å². The van der Waals surface area contributed by atoms with Crippen LogP contribution in [-0.2, 0) is 24.3 Å². The SMILES string of the molecule is CCCNCc1oc2ccc(CCC)cc2c1COC. The highest BCUT2D eigenvalue weighted by atomic mass is 16.5. The number of methoxy groups -OCH3 is 1. The van der Waals surface area contributed by atoms with E-state index in [-0.39, 0.29) is 0 Å². The Balaban J connectivity index is 2.33. The van der Waals surface area contributed by atoms with Crippen LogP contribution >= 0.6 is 0 Å². The zero-order valence-corrected chi connectivity index (χ0v) is 12.8. The van der Waals surface area contributed by atoms with Crippen LogP contribution in [0.2, 0.25) is 0 Å². The second kappa shape index (κ2) is 7.46. The molecule has 0 aliphatic heterocycles. The van der Waals surface area contributed by atoms with Gasteiger partial charge in [-0.2, -0.15) is 0 Å². The molecule has 1 aromatic heterocycles. The van der Waals surface area contributed by atoms with Crippen molar-refractivity contribution >= 4 is 11.0 Å². The average Bonchev–Trinajstić information content (AvgIpc) is 2.78. The van der Waals surface area contributed by atoms with Gasteiger partial charge >= 0.3 is 0 Å². The predicted octanol–water partition coefficient (Wildman–Crippen LogP) is 4.03. The summed E-state index contributed by atoms with van der Waals surface area (Å²) in [5.74, 6) is 1.00. The number of aryl methyl sites for hydroxylation is 1. The monoisotopic (exact) mass is 275 g/mol. The van der Waals surface area contributed by atoms with Gasteiger partial charge in [-0.1, -0.05) is 26.3 Å². The van der Waals surface area contributed by atoms with Crippen LogP contribution in [0, 0.1) is 0 Å². The van der Waals surface area contributed by atoms with Crippen molar-refractivity contribution in [3.8, 4) is 0 Å². The largest absolute Gasteiger partial charge is 0.459 e. The number of fused-ring (bicyclic) bond motifs is 1. The van der Waals surface area contributed by atoms with Crippen molar-refractivity contribution in [2.75, 3.05) is 13.7 Å². The first-order chi connectivity index (χ1) is 9.80. The fraction of sp³-hybridized carbons (Fsp3) is 0.529. The number of benzene rings is 1. The topological polar surface area (TPSA) is 34.4 Å². The quantitative estimate of drug-likeness (QED) is 0.739. The number of hydrogen-bond acceptors (Lipinski definition) is 3. The Morgan fingerprint density at radius 2 is 2.05 bits per heavy atom. The molecule has 2 rings (SSSR count). The lowest BCUT2D eigenvalue weighted by Crippen LogP contribution is -2.14. The molecular weight excluding hydrogens is 250 g/mol. The number of hydrogen-bond donors (Lipinski definition) is 1. The third-order valence-corrected chi connectivity index (χ3v) is 3.48. The molecule has 0 radical (unpaired) electrons. The van der Waals surface area contributed by atoms with Crippen LogP contribution in [-0.4, -0.2) is 13.7 Å². The van der Waals surface area contributed by atoms with E-state index >= 15 is 0 Å². The van der Waals surface area contributed by atoms with E-state index in [0.29, 0.717) is 6.61 Å². The summed E-state index contributed by atoms with van der Waals surface area (Å²) in [6.07, 6.45) is 3.39. The van der Waals surface area contributed by atoms with Gasteiger partial charge in [0.25, 0.3) is 0 Å². The lowest BCUT2D eigenvalue weighted by atomic mass is 10.1. The van der Waals surface area contributed by atoms with Crippen LogP contribution in [0.4, 0.5) is 0 Å². The summed E-state index contributed by atoms with van der Waals surface area (Å²) >= 11 is 0. The Kier molecular flexibility index (Phi) is 5.62. The summed E-state index contributed by atoms with van der Waals surface area (Å²) in [6.45, 7) is 6.75. The highest BCUT2D eigenvalue weighted by molar-refractivity contribution is 5.83. The van der Waals surface area contributed by atoms with Gasteiger partial charge in [0, 0.05) is 18.1 Å². The van der Waals surface area contributed by atoms with E-state index in [2.05, 4.69) is 37.4 Å². The molecule has 3 heteroatoms. The van der Waals surface area contributed by atoms with E-state index < -0.39 is 0 Å². The van der Waals surface area contributed by atoms with Gasteiger partial charge in [-0.3, -0.25) is 0 Å². The number of ether oxygens (including phenoxy) is 1. The smallest absolute Gasteiger partial charge is 0.134 e. The van der Waals surface area contributed by atoms with Crippen LogP contribution in [0.3, 0.4) is 0 Å². The fourth-order valence-corrected chi connectivity index (χ4v) is 2.51. The van der Waals surface area contributed by atoms with E-state index in [9.17, 15) is 0 Å². The van der Waals surface area contributed by atoms with E-state index in [1.54, 1.807) is 7.11 Å². The summed E-state index contributed by atoms with van der Waals surface area (Å²) in [4.78, 5) is 0. The molecule has 0 atom stereocenters. The van der Waals surface area contributed by atoms with Crippen molar-refractivity contribution in [2.45, 2.75) is 46.3 Å². The maximum atomic E-state index is 5.99. The molecule has 3 nitrogen and oxygen atoms in total. The maximum Gasteiger partial charge on any atom is 0.134 e. The number of nitrogens with one attached hydrogen (secondary N) is 1. The molecule has 0 amide bonds. The standard InChI is InChI=1S/C17H25NO2/c1-4-6-13-7-8-16-14(10-13)15(12-19-3)17(20-16)11-18-9-5-2/h7-8,10,18H,4-6,9,11-12H2,1-3H3. The van der Waals surface area contributed by atoms with Gasteiger partial charge in [0.1, 0.15) is 11.3 Å². The predicted molar refractivity (Wildman–Crippen MR) is 82.9 cm³/mol. The molecule has 1 heterocycles. The van der Waals surface area contributed by atoms with Crippen LogP contribution in [0.25, 0.3) is 11.0 Å². The molecule has 0 aliphatic carbocycles. The van der Waals surface area contributed by atoms with Gasteiger partial charge in [-0.15, -0.1) is 0 Å². The van der Waals surface area contributed by atoms with Crippen LogP contribution in [0.15, 0.2) is 22.6 Å². The molecular formula is C17H25NO2. The van der Waals surface area contributed by atoms with E-state index in [1.807, 2.05) is 0 Å². The molecule has 2 aromatic rings. The van der Waals surface area contributed by atoms with Gasteiger partial charge < -0.3 is 14.5 Å². The second-order valence-electron chi connectivity index (χ2n) is 5.19. The average molecular weight is 275 g/mol. The summed E-state index contributed by atoms with van der Waals surface area (Å²) in [5.41, 5.74) is 3.51. The molecule has 110 valence electrons.